The van der Waals surface area contributed by atoms with Gasteiger partial charge in [0.15, 0.2) is 0 Å². The summed E-state index contributed by atoms with van der Waals surface area (Å²) in [5, 5.41) is 0. The topological polar surface area (TPSA) is 3.24 Å². The minimum atomic E-state index is 0.134. The van der Waals surface area contributed by atoms with E-state index in [1.807, 2.05) is 0 Å². The molecule has 0 aromatic heterocycles. The van der Waals surface area contributed by atoms with Crippen molar-refractivity contribution in [2.45, 2.75) is 30.7 Å². The van der Waals surface area contributed by atoms with E-state index in [9.17, 15) is 0 Å². The van der Waals surface area contributed by atoms with Gasteiger partial charge in [-0.15, -0.1) is 6.58 Å². The van der Waals surface area contributed by atoms with Crippen molar-refractivity contribution in [1.29, 1.82) is 0 Å². The van der Waals surface area contributed by atoms with Gasteiger partial charge in [0.2, 0.25) is 0 Å². The molecule has 2 aliphatic rings. The molecule has 0 aliphatic carbocycles. The van der Waals surface area contributed by atoms with Crippen molar-refractivity contribution >= 4 is 0 Å². The summed E-state index contributed by atoms with van der Waals surface area (Å²) in [5.41, 5.74) is 3.06. The van der Waals surface area contributed by atoms with Crippen molar-refractivity contribution in [1.82, 2.24) is 4.90 Å². The van der Waals surface area contributed by atoms with Gasteiger partial charge in [0, 0.05) is 24.5 Å². The van der Waals surface area contributed by atoms with E-state index in [1.165, 1.54) is 36.9 Å². The van der Waals surface area contributed by atoms with Crippen LogP contribution in [0.4, 0.5) is 0 Å². The maximum Gasteiger partial charge on any atom is 0.0330 e. The largest absolute Gasteiger partial charge is 0.299 e. The van der Waals surface area contributed by atoms with Crippen LogP contribution in [0.3, 0.4) is 0 Å². The average molecular weight is 303 g/mol. The quantitative estimate of drug-likeness (QED) is 0.746. The SMILES string of the molecule is C=C[C@H]1C[C@@H]2CCC(c3ccccc3)(c3ccccc3)CN2C1. The van der Waals surface area contributed by atoms with E-state index in [0.29, 0.717) is 5.92 Å². The summed E-state index contributed by atoms with van der Waals surface area (Å²) in [6.07, 6.45) is 5.98. The first-order valence-corrected chi connectivity index (χ1v) is 8.79. The van der Waals surface area contributed by atoms with E-state index in [1.54, 1.807) is 0 Å². The molecule has 2 aromatic carbocycles. The van der Waals surface area contributed by atoms with Crippen LogP contribution in [0.15, 0.2) is 73.3 Å². The highest BCUT2D eigenvalue weighted by Crippen LogP contribution is 2.45. The third-order valence-electron chi connectivity index (χ3n) is 5.92. The Bertz CT molecular complexity index is 621. The van der Waals surface area contributed by atoms with Gasteiger partial charge in [0.05, 0.1) is 0 Å². The Morgan fingerprint density at radius 1 is 0.957 bits per heavy atom. The molecule has 0 radical (unpaired) electrons. The van der Waals surface area contributed by atoms with Crippen LogP contribution >= 0.6 is 0 Å². The lowest BCUT2D eigenvalue weighted by Gasteiger charge is -2.45. The van der Waals surface area contributed by atoms with E-state index < -0.39 is 0 Å². The van der Waals surface area contributed by atoms with Gasteiger partial charge in [0.25, 0.3) is 0 Å². The van der Waals surface area contributed by atoms with Gasteiger partial charge in [-0.2, -0.15) is 0 Å². The number of piperidine rings is 1. The summed E-state index contributed by atoms with van der Waals surface area (Å²) in [5.74, 6) is 0.669. The van der Waals surface area contributed by atoms with Crippen molar-refractivity contribution < 1.29 is 0 Å². The van der Waals surface area contributed by atoms with E-state index in [0.717, 1.165) is 12.6 Å². The normalized spacial score (nSPS) is 26.6. The van der Waals surface area contributed by atoms with Crippen LogP contribution in [-0.4, -0.2) is 24.0 Å². The smallest absolute Gasteiger partial charge is 0.0330 e. The zero-order valence-electron chi connectivity index (χ0n) is 13.7. The standard InChI is InChI=1S/C22H25N/c1-2-18-15-21-13-14-22(17-23(21)16-18,19-9-5-3-6-10-19)20-11-7-4-8-12-20/h2-12,18,21H,1,13-17H2/t18-,21-/m0/s1. The van der Waals surface area contributed by atoms with E-state index >= 15 is 0 Å². The monoisotopic (exact) mass is 303 g/mol. The minimum absolute atomic E-state index is 0.134. The Labute approximate surface area is 139 Å². The molecule has 1 heteroatoms. The van der Waals surface area contributed by atoms with Crippen LogP contribution in [0.25, 0.3) is 0 Å². The third-order valence-corrected chi connectivity index (χ3v) is 5.92. The van der Waals surface area contributed by atoms with Crippen LogP contribution in [0.1, 0.15) is 30.4 Å². The van der Waals surface area contributed by atoms with E-state index in [-0.39, 0.29) is 5.41 Å². The predicted octanol–water partition coefficient (Wildman–Crippen LogP) is 4.64. The number of nitrogens with zero attached hydrogens (tertiary/aromatic N) is 1. The lowest BCUT2D eigenvalue weighted by Crippen LogP contribution is -2.49. The number of fused-ring (bicyclic) bond motifs is 1. The Morgan fingerprint density at radius 3 is 2.13 bits per heavy atom. The first-order chi connectivity index (χ1) is 11.3. The molecule has 0 saturated carbocycles. The lowest BCUT2D eigenvalue weighted by atomic mass is 9.68. The average Bonchev–Trinajstić information content (AvgIpc) is 3.05. The number of hydrogen-bond acceptors (Lipinski definition) is 1. The van der Waals surface area contributed by atoms with Gasteiger partial charge in [-0.05, 0) is 36.3 Å². The molecule has 2 saturated heterocycles. The van der Waals surface area contributed by atoms with Gasteiger partial charge in [-0.25, -0.2) is 0 Å². The number of hydrogen-bond donors (Lipinski definition) is 0. The second kappa shape index (κ2) is 5.98. The Hall–Kier alpha value is -1.86. The summed E-state index contributed by atoms with van der Waals surface area (Å²) < 4.78 is 0. The Morgan fingerprint density at radius 2 is 1.57 bits per heavy atom. The fourth-order valence-electron chi connectivity index (χ4n) is 4.68. The van der Waals surface area contributed by atoms with Gasteiger partial charge in [-0.3, -0.25) is 4.90 Å². The molecular weight excluding hydrogens is 278 g/mol. The molecule has 2 aliphatic heterocycles. The van der Waals surface area contributed by atoms with Gasteiger partial charge < -0.3 is 0 Å². The van der Waals surface area contributed by atoms with E-state index in [4.69, 9.17) is 0 Å². The fraction of sp³-hybridized carbons (Fsp3) is 0.364. The van der Waals surface area contributed by atoms with Crippen molar-refractivity contribution in [3.05, 3.63) is 84.4 Å². The summed E-state index contributed by atoms with van der Waals surface area (Å²) in [7, 11) is 0. The molecule has 23 heavy (non-hydrogen) atoms. The molecule has 0 unspecified atom stereocenters. The second-order valence-corrected chi connectivity index (χ2v) is 7.17. The molecule has 118 valence electrons. The third kappa shape index (κ3) is 2.53. The van der Waals surface area contributed by atoms with Crippen LogP contribution in [-0.2, 0) is 5.41 Å². The predicted molar refractivity (Wildman–Crippen MR) is 96.6 cm³/mol. The molecule has 2 atom stereocenters. The maximum absolute atomic E-state index is 4.03. The van der Waals surface area contributed by atoms with Gasteiger partial charge in [-0.1, -0.05) is 66.7 Å². The van der Waals surface area contributed by atoms with Crippen LogP contribution in [0, 0.1) is 5.92 Å². The first kappa shape index (κ1) is 14.7. The zero-order chi connectivity index (χ0) is 15.7. The van der Waals surface area contributed by atoms with Crippen LogP contribution in [0.5, 0.6) is 0 Å². The highest BCUT2D eigenvalue weighted by atomic mass is 15.2. The molecule has 4 rings (SSSR count). The zero-order valence-corrected chi connectivity index (χ0v) is 13.7. The van der Waals surface area contributed by atoms with Crippen molar-refractivity contribution in [3.63, 3.8) is 0 Å². The lowest BCUT2D eigenvalue weighted by molar-refractivity contribution is 0.141. The molecular formula is C22H25N. The second-order valence-electron chi connectivity index (χ2n) is 7.17. The van der Waals surface area contributed by atoms with E-state index in [2.05, 4.69) is 78.2 Å². The highest BCUT2D eigenvalue weighted by Gasteiger charge is 2.44. The molecule has 0 amide bonds. The fourth-order valence-corrected chi connectivity index (χ4v) is 4.68. The molecule has 0 bridgehead atoms. The molecule has 1 nitrogen and oxygen atoms in total. The van der Waals surface area contributed by atoms with Crippen LogP contribution in [0.2, 0.25) is 0 Å². The summed E-state index contributed by atoms with van der Waals surface area (Å²) >= 11 is 0. The van der Waals surface area contributed by atoms with Crippen molar-refractivity contribution in [2.24, 2.45) is 5.92 Å². The Kier molecular flexibility index (Phi) is 3.82. The molecule has 2 aromatic rings. The number of rotatable bonds is 3. The summed E-state index contributed by atoms with van der Waals surface area (Å²) in [4.78, 5) is 2.72. The molecule has 2 fully saturated rings. The Balaban J connectivity index is 1.75. The van der Waals surface area contributed by atoms with Gasteiger partial charge >= 0.3 is 0 Å². The maximum atomic E-state index is 4.03. The first-order valence-electron chi connectivity index (χ1n) is 8.79. The summed E-state index contributed by atoms with van der Waals surface area (Å²) in [6, 6.07) is 23.0. The molecule has 0 spiro atoms. The van der Waals surface area contributed by atoms with Crippen LogP contribution < -0.4 is 0 Å². The van der Waals surface area contributed by atoms with Gasteiger partial charge in [0.1, 0.15) is 0 Å². The van der Waals surface area contributed by atoms with Crippen molar-refractivity contribution in [2.75, 3.05) is 13.1 Å². The van der Waals surface area contributed by atoms with Crippen molar-refractivity contribution in [3.8, 4) is 0 Å². The summed E-state index contributed by atoms with van der Waals surface area (Å²) in [6.45, 7) is 6.34. The molecule has 2 heterocycles. The minimum Gasteiger partial charge on any atom is -0.299 e. The molecule has 0 N–H and O–H groups in total. The number of benzene rings is 2. The highest BCUT2D eigenvalue weighted by molar-refractivity contribution is 5.41.